The van der Waals surface area contributed by atoms with Gasteiger partial charge in [-0.05, 0) is 31.4 Å². The second kappa shape index (κ2) is 3.78. The van der Waals surface area contributed by atoms with E-state index >= 15 is 0 Å². The van der Waals surface area contributed by atoms with Crippen LogP contribution in [-0.2, 0) is 12.8 Å². The summed E-state index contributed by atoms with van der Waals surface area (Å²) >= 11 is 0. The average Bonchev–Trinajstić information content (AvgIpc) is 3.04. The Labute approximate surface area is 109 Å². The summed E-state index contributed by atoms with van der Waals surface area (Å²) in [6.45, 7) is 0. The van der Waals surface area contributed by atoms with Crippen LogP contribution in [0.15, 0.2) is 35.4 Å². The largest absolute Gasteiger partial charge is 0.306 e. The zero-order valence-electron chi connectivity index (χ0n) is 10.3. The third-order valence-corrected chi connectivity index (χ3v) is 3.55. The average molecular weight is 252 g/mol. The lowest BCUT2D eigenvalue weighted by Crippen LogP contribution is -2.15. The molecule has 4 rings (SSSR count). The van der Waals surface area contributed by atoms with E-state index in [0.717, 1.165) is 36.2 Å². The maximum atomic E-state index is 12.0. The summed E-state index contributed by atoms with van der Waals surface area (Å²) < 4.78 is 1.92. The molecule has 0 aliphatic heterocycles. The molecule has 0 radical (unpaired) electrons. The van der Waals surface area contributed by atoms with Crippen molar-refractivity contribution in [2.45, 2.75) is 19.3 Å². The van der Waals surface area contributed by atoms with Gasteiger partial charge in [0.1, 0.15) is 11.3 Å². The molecule has 19 heavy (non-hydrogen) atoms. The maximum absolute atomic E-state index is 12.0. The Morgan fingerprint density at radius 3 is 3.05 bits per heavy atom. The van der Waals surface area contributed by atoms with Gasteiger partial charge >= 0.3 is 0 Å². The van der Waals surface area contributed by atoms with Crippen LogP contribution in [0.1, 0.15) is 17.7 Å². The third-order valence-electron chi connectivity index (χ3n) is 3.55. The minimum Gasteiger partial charge on any atom is -0.306 e. The van der Waals surface area contributed by atoms with Crippen LogP contribution in [0.5, 0.6) is 0 Å². The molecular formula is C14H12N4O. The standard InChI is InChI=1S/C14H12N4O/c19-14-9-4-3-5-10(9)16-13(17-14)11-8-18-7-2-1-6-12(18)15-11/h1-2,6-8H,3-5H2,(H,16,17,19). The summed E-state index contributed by atoms with van der Waals surface area (Å²) in [6, 6.07) is 5.80. The Bertz CT molecular complexity index is 798. The van der Waals surface area contributed by atoms with Crippen LogP contribution in [0.25, 0.3) is 17.2 Å². The fourth-order valence-corrected chi connectivity index (χ4v) is 2.61. The van der Waals surface area contributed by atoms with Gasteiger partial charge in [0.15, 0.2) is 5.82 Å². The van der Waals surface area contributed by atoms with E-state index < -0.39 is 0 Å². The van der Waals surface area contributed by atoms with Crippen molar-refractivity contribution >= 4 is 5.65 Å². The molecule has 1 N–H and O–H groups in total. The first-order valence-electron chi connectivity index (χ1n) is 6.37. The van der Waals surface area contributed by atoms with Crippen molar-refractivity contribution in [1.29, 1.82) is 0 Å². The fourth-order valence-electron chi connectivity index (χ4n) is 2.61. The molecule has 1 aliphatic carbocycles. The second-order valence-corrected chi connectivity index (χ2v) is 4.79. The predicted molar refractivity (Wildman–Crippen MR) is 71.1 cm³/mol. The first-order chi connectivity index (χ1) is 9.31. The van der Waals surface area contributed by atoms with Crippen molar-refractivity contribution in [3.63, 3.8) is 0 Å². The topological polar surface area (TPSA) is 63.0 Å². The van der Waals surface area contributed by atoms with Gasteiger partial charge in [-0.2, -0.15) is 0 Å². The molecule has 0 saturated carbocycles. The van der Waals surface area contributed by atoms with Gasteiger partial charge < -0.3 is 9.38 Å². The number of aromatic amines is 1. The number of nitrogens with one attached hydrogen (secondary N) is 1. The van der Waals surface area contributed by atoms with Gasteiger partial charge in [-0.25, -0.2) is 9.97 Å². The fraction of sp³-hybridized carbons (Fsp3) is 0.214. The zero-order valence-corrected chi connectivity index (χ0v) is 10.3. The number of imidazole rings is 1. The summed E-state index contributed by atoms with van der Waals surface area (Å²) in [6.07, 6.45) is 6.55. The molecule has 0 atom stereocenters. The highest BCUT2D eigenvalue weighted by molar-refractivity contribution is 5.55. The molecule has 5 heteroatoms. The lowest BCUT2D eigenvalue weighted by atomic mass is 10.2. The molecule has 94 valence electrons. The molecular weight excluding hydrogens is 240 g/mol. The quantitative estimate of drug-likeness (QED) is 0.715. The summed E-state index contributed by atoms with van der Waals surface area (Å²) in [5.74, 6) is 0.564. The second-order valence-electron chi connectivity index (χ2n) is 4.79. The highest BCUT2D eigenvalue weighted by atomic mass is 16.1. The minimum absolute atomic E-state index is 0.0189. The number of nitrogens with zero attached hydrogens (tertiary/aromatic N) is 3. The highest BCUT2D eigenvalue weighted by Gasteiger charge is 2.18. The van der Waals surface area contributed by atoms with E-state index in [9.17, 15) is 4.79 Å². The van der Waals surface area contributed by atoms with Gasteiger partial charge in [-0.1, -0.05) is 6.07 Å². The Morgan fingerprint density at radius 1 is 1.21 bits per heavy atom. The van der Waals surface area contributed by atoms with Crippen LogP contribution in [0.2, 0.25) is 0 Å². The molecule has 5 nitrogen and oxygen atoms in total. The molecule has 0 saturated heterocycles. The summed E-state index contributed by atoms with van der Waals surface area (Å²) in [5.41, 5.74) is 3.30. The lowest BCUT2D eigenvalue weighted by Gasteiger charge is -2.00. The van der Waals surface area contributed by atoms with E-state index in [1.807, 2.05) is 35.0 Å². The molecule has 1 aliphatic rings. The van der Waals surface area contributed by atoms with E-state index in [2.05, 4.69) is 15.0 Å². The molecule has 0 unspecified atom stereocenters. The molecule has 0 bridgehead atoms. The van der Waals surface area contributed by atoms with Crippen molar-refractivity contribution in [3.05, 3.63) is 52.2 Å². The Balaban J connectivity index is 1.92. The summed E-state index contributed by atoms with van der Waals surface area (Å²) in [4.78, 5) is 23.9. The molecule has 0 fully saturated rings. The Morgan fingerprint density at radius 2 is 2.16 bits per heavy atom. The number of pyridine rings is 1. The molecule has 3 aromatic rings. The number of H-pyrrole nitrogens is 1. The molecule has 0 spiro atoms. The third kappa shape index (κ3) is 1.58. The van der Waals surface area contributed by atoms with Crippen LogP contribution in [0.4, 0.5) is 0 Å². The smallest absolute Gasteiger partial charge is 0.254 e. The van der Waals surface area contributed by atoms with E-state index in [0.29, 0.717) is 11.5 Å². The van der Waals surface area contributed by atoms with Gasteiger partial charge in [0.2, 0.25) is 0 Å². The SMILES string of the molecule is O=c1[nH]c(-c2cn3ccccc3n2)nc2c1CCC2. The van der Waals surface area contributed by atoms with Gasteiger partial charge in [0.25, 0.3) is 5.56 Å². The summed E-state index contributed by atoms with van der Waals surface area (Å²) in [5, 5.41) is 0. The van der Waals surface area contributed by atoms with Crippen molar-refractivity contribution in [2.24, 2.45) is 0 Å². The van der Waals surface area contributed by atoms with Crippen LogP contribution < -0.4 is 5.56 Å². The first kappa shape index (κ1) is 10.5. The zero-order chi connectivity index (χ0) is 12.8. The minimum atomic E-state index is -0.0189. The number of hydrogen-bond acceptors (Lipinski definition) is 3. The summed E-state index contributed by atoms with van der Waals surface area (Å²) in [7, 11) is 0. The van der Waals surface area contributed by atoms with E-state index in [1.165, 1.54) is 0 Å². The first-order valence-corrected chi connectivity index (χ1v) is 6.37. The van der Waals surface area contributed by atoms with Crippen molar-refractivity contribution in [2.75, 3.05) is 0 Å². The predicted octanol–water partition coefficient (Wildman–Crippen LogP) is 1.57. The van der Waals surface area contributed by atoms with Crippen molar-refractivity contribution in [3.8, 4) is 11.5 Å². The maximum Gasteiger partial charge on any atom is 0.254 e. The van der Waals surface area contributed by atoms with Gasteiger partial charge in [-0.3, -0.25) is 4.79 Å². The number of rotatable bonds is 1. The molecule has 0 aromatic carbocycles. The number of fused-ring (bicyclic) bond motifs is 2. The van der Waals surface area contributed by atoms with E-state index in [4.69, 9.17) is 0 Å². The van der Waals surface area contributed by atoms with Crippen LogP contribution >= 0.6 is 0 Å². The molecule has 3 heterocycles. The normalized spacial score (nSPS) is 13.9. The van der Waals surface area contributed by atoms with Gasteiger partial charge in [0.05, 0.1) is 5.69 Å². The molecule has 3 aromatic heterocycles. The monoisotopic (exact) mass is 252 g/mol. The number of aromatic nitrogens is 4. The highest BCUT2D eigenvalue weighted by Crippen LogP contribution is 2.20. The lowest BCUT2D eigenvalue weighted by molar-refractivity contribution is 0.899. The van der Waals surface area contributed by atoms with Gasteiger partial charge in [0, 0.05) is 18.0 Å². The Hall–Kier alpha value is -2.43. The number of hydrogen-bond donors (Lipinski definition) is 1. The van der Waals surface area contributed by atoms with Crippen molar-refractivity contribution < 1.29 is 0 Å². The Kier molecular flexibility index (Phi) is 2.09. The van der Waals surface area contributed by atoms with Gasteiger partial charge in [-0.15, -0.1) is 0 Å². The van der Waals surface area contributed by atoms with E-state index in [-0.39, 0.29) is 5.56 Å². The van der Waals surface area contributed by atoms with Crippen LogP contribution in [-0.4, -0.2) is 19.4 Å². The van der Waals surface area contributed by atoms with Crippen LogP contribution in [0.3, 0.4) is 0 Å². The molecule has 0 amide bonds. The van der Waals surface area contributed by atoms with Crippen molar-refractivity contribution in [1.82, 2.24) is 19.4 Å². The van der Waals surface area contributed by atoms with Crippen LogP contribution in [0, 0.1) is 0 Å². The van der Waals surface area contributed by atoms with E-state index in [1.54, 1.807) is 0 Å². The number of aryl methyl sites for hydroxylation is 1.